The van der Waals surface area contributed by atoms with Gasteiger partial charge in [0.15, 0.2) is 6.29 Å². The second-order valence-electron chi connectivity index (χ2n) is 14.7. The van der Waals surface area contributed by atoms with Crippen molar-refractivity contribution in [2.24, 2.45) is 50.7 Å². The third kappa shape index (κ3) is 2.69. The van der Waals surface area contributed by atoms with Crippen molar-refractivity contribution < 1.29 is 14.9 Å². The fourth-order valence-corrected chi connectivity index (χ4v) is 11.6. The molecule has 1 aliphatic heterocycles. The van der Waals surface area contributed by atoms with E-state index in [1.54, 1.807) is 0 Å². The Morgan fingerprint density at radius 1 is 0.818 bits per heavy atom. The van der Waals surface area contributed by atoms with Crippen LogP contribution in [-0.2, 0) is 4.74 Å². The molecule has 2 spiro atoms. The van der Waals surface area contributed by atoms with E-state index in [0.29, 0.717) is 33.5 Å². The van der Waals surface area contributed by atoms with Gasteiger partial charge in [-0.05, 0) is 123 Å². The minimum Gasteiger partial charge on any atom is -0.393 e. The lowest BCUT2D eigenvalue weighted by atomic mass is 9.41. The summed E-state index contributed by atoms with van der Waals surface area (Å²) in [6.45, 7) is 14.2. The Kier molecular flexibility index (Phi) is 4.81. The first-order valence-corrected chi connectivity index (χ1v) is 14.1. The van der Waals surface area contributed by atoms with E-state index in [9.17, 15) is 10.2 Å². The molecule has 5 aliphatic carbocycles. The van der Waals surface area contributed by atoms with Crippen molar-refractivity contribution in [3.05, 3.63) is 11.6 Å². The maximum Gasteiger partial charge on any atom is 0.158 e. The predicted molar refractivity (Wildman–Crippen MR) is 131 cm³/mol. The quantitative estimate of drug-likeness (QED) is 0.468. The lowest BCUT2D eigenvalue weighted by Crippen LogP contribution is -2.57. The van der Waals surface area contributed by atoms with E-state index in [-0.39, 0.29) is 23.5 Å². The first-order valence-electron chi connectivity index (χ1n) is 14.1. The lowest BCUT2D eigenvalue weighted by molar-refractivity contribution is -0.170. The average molecular weight is 457 g/mol. The first-order chi connectivity index (χ1) is 15.4. The van der Waals surface area contributed by atoms with Crippen molar-refractivity contribution in [3.63, 3.8) is 0 Å². The standard InChI is InChI=1S/C30H48O3/c1-18(2)15-19-16-20(25(32)33-19)21-9-11-28(6)23-8-7-22-26(3,4)24(31)10-12-29(22)17-30(23,29)14-13-27(21,28)5/h15,19-25,31-32H,7-14,16-17H2,1-6H3. The largest absolute Gasteiger partial charge is 0.393 e. The van der Waals surface area contributed by atoms with Crippen LogP contribution in [0.25, 0.3) is 0 Å². The van der Waals surface area contributed by atoms with Crippen molar-refractivity contribution in [2.75, 3.05) is 0 Å². The maximum absolute atomic E-state index is 11.0. The van der Waals surface area contributed by atoms with E-state index in [2.05, 4.69) is 47.6 Å². The molecule has 186 valence electrons. The number of hydrogen-bond acceptors (Lipinski definition) is 3. The SMILES string of the molecule is CC(C)=CC1CC(C2CCC3(C)C4CCC5C(C)(C)C(O)CCC56CC46CCC23C)C(O)O1. The van der Waals surface area contributed by atoms with Crippen molar-refractivity contribution in [1.29, 1.82) is 0 Å². The van der Waals surface area contributed by atoms with Crippen LogP contribution in [0.5, 0.6) is 0 Å². The number of hydrogen-bond donors (Lipinski definition) is 2. The van der Waals surface area contributed by atoms with Crippen LogP contribution in [-0.4, -0.2) is 28.7 Å². The highest BCUT2D eigenvalue weighted by atomic mass is 16.6. The molecule has 33 heavy (non-hydrogen) atoms. The van der Waals surface area contributed by atoms with Crippen molar-refractivity contribution in [1.82, 2.24) is 0 Å². The fourth-order valence-electron chi connectivity index (χ4n) is 11.6. The van der Waals surface area contributed by atoms with Crippen LogP contribution >= 0.6 is 0 Å². The van der Waals surface area contributed by atoms with Crippen LogP contribution in [0, 0.1) is 50.7 Å². The second-order valence-corrected chi connectivity index (χ2v) is 14.7. The monoisotopic (exact) mass is 456 g/mol. The molecular weight excluding hydrogens is 408 g/mol. The van der Waals surface area contributed by atoms with Gasteiger partial charge in [0.2, 0.25) is 0 Å². The molecule has 0 aromatic carbocycles. The molecule has 6 aliphatic rings. The molecule has 0 bridgehead atoms. The van der Waals surface area contributed by atoms with E-state index in [0.717, 1.165) is 18.8 Å². The fraction of sp³-hybridized carbons (Fsp3) is 0.933. The van der Waals surface area contributed by atoms with Gasteiger partial charge in [0.25, 0.3) is 0 Å². The molecule has 0 aromatic heterocycles. The van der Waals surface area contributed by atoms with Gasteiger partial charge in [-0.2, -0.15) is 0 Å². The highest BCUT2D eigenvalue weighted by Gasteiger charge is 2.82. The molecule has 6 rings (SSSR count). The number of fused-ring (bicyclic) bond motifs is 2. The van der Waals surface area contributed by atoms with Crippen LogP contribution < -0.4 is 0 Å². The average Bonchev–Trinajstić information content (AvgIpc) is 3.15. The normalized spacial score (nSPS) is 58.6. The van der Waals surface area contributed by atoms with Gasteiger partial charge in [-0.25, -0.2) is 0 Å². The Labute approximate surface area is 201 Å². The van der Waals surface area contributed by atoms with E-state index in [1.807, 2.05) is 0 Å². The number of aliphatic hydroxyl groups is 2. The van der Waals surface area contributed by atoms with Gasteiger partial charge in [0.1, 0.15) is 0 Å². The first kappa shape index (κ1) is 23.0. The maximum atomic E-state index is 11.0. The number of ether oxygens (including phenoxy) is 1. The predicted octanol–water partition coefficient (Wildman–Crippen LogP) is 6.48. The van der Waals surface area contributed by atoms with Gasteiger partial charge in [-0.1, -0.05) is 39.3 Å². The molecule has 2 N–H and O–H groups in total. The summed E-state index contributed by atoms with van der Waals surface area (Å²) in [7, 11) is 0. The van der Waals surface area contributed by atoms with E-state index in [4.69, 9.17) is 4.74 Å². The summed E-state index contributed by atoms with van der Waals surface area (Å²) in [5.41, 5.74) is 3.07. The molecular formula is C30H48O3. The van der Waals surface area contributed by atoms with Crippen LogP contribution in [0.15, 0.2) is 11.6 Å². The highest BCUT2D eigenvalue weighted by molar-refractivity contribution is 5.30. The smallest absolute Gasteiger partial charge is 0.158 e. The van der Waals surface area contributed by atoms with Gasteiger partial charge in [-0.3, -0.25) is 0 Å². The topological polar surface area (TPSA) is 49.7 Å². The Balaban J connectivity index is 1.30. The molecule has 5 saturated carbocycles. The highest BCUT2D eigenvalue weighted by Crippen LogP contribution is 2.89. The van der Waals surface area contributed by atoms with Crippen LogP contribution in [0.4, 0.5) is 0 Å². The number of aliphatic hydroxyl groups excluding tert-OH is 2. The molecule has 6 fully saturated rings. The Hall–Kier alpha value is -0.380. The van der Waals surface area contributed by atoms with Gasteiger partial charge in [-0.15, -0.1) is 0 Å². The second kappa shape index (κ2) is 6.88. The molecule has 0 amide bonds. The zero-order valence-corrected chi connectivity index (χ0v) is 22.0. The van der Waals surface area contributed by atoms with Crippen LogP contribution in [0.3, 0.4) is 0 Å². The molecule has 1 heterocycles. The Bertz CT molecular complexity index is 859. The van der Waals surface area contributed by atoms with E-state index in [1.165, 1.54) is 56.9 Å². The van der Waals surface area contributed by atoms with Crippen LogP contribution in [0.2, 0.25) is 0 Å². The summed E-state index contributed by atoms with van der Waals surface area (Å²) in [6.07, 6.45) is 14.2. The molecule has 3 heteroatoms. The summed E-state index contributed by atoms with van der Waals surface area (Å²) >= 11 is 0. The summed E-state index contributed by atoms with van der Waals surface area (Å²) < 4.78 is 6.05. The number of rotatable bonds is 2. The van der Waals surface area contributed by atoms with Gasteiger partial charge < -0.3 is 14.9 Å². The zero-order valence-electron chi connectivity index (χ0n) is 22.0. The summed E-state index contributed by atoms with van der Waals surface area (Å²) in [5.74, 6) is 2.37. The Morgan fingerprint density at radius 2 is 1.52 bits per heavy atom. The minimum atomic E-state index is -0.603. The molecule has 0 aromatic rings. The van der Waals surface area contributed by atoms with Gasteiger partial charge in [0.05, 0.1) is 12.2 Å². The van der Waals surface area contributed by atoms with Crippen LogP contribution in [0.1, 0.15) is 106 Å². The van der Waals surface area contributed by atoms with Gasteiger partial charge >= 0.3 is 0 Å². The van der Waals surface area contributed by atoms with Crippen molar-refractivity contribution >= 4 is 0 Å². The number of allylic oxidation sites excluding steroid dienone is 1. The van der Waals surface area contributed by atoms with Crippen molar-refractivity contribution in [3.8, 4) is 0 Å². The minimum absolute atomic E-state index is 0.0673. The summed E-state index contributed by atoms with van der Waals surface area (Å²) in [4.78, 5) is 0. The third-order valence-electron chi connectivity index (χ3n) is 13.4. The van der Waals surface area contributed by atoms with E-state index >= 15 is 0 Å². The lowest BCUT2D eigenvalue weighted by Gasteiger charge is -2.63. The Morgan fingerprint density at radius 3 is 2.24 bits per heavy atom. The molecule has 1 saturated heterocycles. The van der Waals surface area contributed by atoms with E-state index < -0.39 is 6.29 Å². The van der Waals surface area contributed by atoms with Gasteiger partial charge in [0, 0.05) is 5.92 Å². The molecule has 11 atom stereocenters. The molecule has 3 nitrogen and oxygen atoms in total. The summed E-state index contributed by atoms with van der Waals surface area (Å²) in [6, 6.07) is 0. The summed E-state index contributed by atoms with van der Waals surface area (Å²) in [5, 5.41) is 21.8. The zero-order chi connectivity index (χ0) is 23.6. The van der Waals surface area contributed by atoms with Crippen molar-refractivity contribution in [2.45, 2.75) is 124 Å². The molecule has 11 unspecified atom stereocenters. The third-order valence-corrected chi connectivity index (χ3v) is 13.4. The molecule has 0 radical (unpaired) electrons.